The zero-order valence-electron chi connectivity index (χ0n) is 20.3. The number of benzene rings is 2. The maximum absolute atomic E-state index is 13.5. The Hall–Kier alpha value is -2.48. The lowest BCUT2D eigenvalue weighted by Gasteiger charge is -2.43. The highest BCUT2D eigenvalue weighted by atomic mass is 79.9. The van der Waals surface area contributed by atoms with Crippen molar-refractivity contribution in [3.8, 4) is 0 Å². The van der Waals surface area contributed by atoms with Crippen LogP contribution in [0, 0.1) is 6.92 Å². The van der Waals surface area contributed by atoms with Crippen molar-refractivity contribution in [1.29, 1.82) is 0 Å². The molecule has 1 N–H and O–H groups in total. The number of nitrogens with one attached hydrogen (secondary N) is 1. The van der Waals surface area contributed by atoms with Gasteiger partial charge in [0.1, 0.15) is 5.57 Å². The fourth-order valence-corrected chi connectivity index (χ4v) is 5.72. The number of thiocarbonyl (C=S) groups is 1. The molecule has 4 rings (SSSR count). The summed E-state index contributed by atoms with van der Waals surface area (Å²) in [5, 5.41) is 3.18. The Labute approximate surface area is 224 Å². The van der Waals surface area contributed by atoms with E-state index in [1.807, 2.05) is 31.2 Å². The van der Waals surface area contributed by atoms with E-state index >= 15 is 0 Å². The molecule has 8 heteroatoms. The Morgan fingerprint density at radius 1 is 1.14 bits per heavy atom. The smallest absolute Gasteiger partial charge is 0.270 e. The van der Waals surface area contributed by atoms with E-state index in [1.54, 1.807) is 12.1 Å². The second-order valence-corrected chi connectivity index (χ2v) is 11.1. The van der Waals surface area contributed by atoms with Gasteiger partial charge in [-0.3, -0.25) is 19.8 Å². The molecule has 0 saturated carbocycles. The van der Waals surface area contributed by atoms with E-state index in [0.29, 0.717) is 16.3 Å². The topological polar surface area (TPSA) is 52.7 Å². The highest BCUT2D eigenvalue weighted by molar-refractivity contribution is 9.10. The van der Waals surface area contributed by atoms with Gasteiger partial charge in [0.05, 0.1) is 11.2 Å². The molecular weight excluding hydrogens is 546 g/mol. The van der Waals surface area contributed by atoms with Gasteiger partial charge in [0.2, 0.25) is 0 Å². The molecule has 2 aromatic carbocycles. The van der Waals surface area contributed by atoms with Gasteiger partial charge in [-0.05, 0) is 99.4 Å². The van der Waals surface area contributed by atoms with Crippen molar-refractivity contribution < 1.29 is 9.59 Å². The molecule has 1 fully saturated rings. The fraction of sp³-hybridized carbons (Fsp3) is 0.296. The maximum Gasteiger partial charge on any atom is 0.270 e. The number of hydrogen-bond acceptors (Lipinski definition) is 4. The Bertz CT molecular complexity index is 1330. The van der Waals surface area contributed by atoms with Gasteiger partial charge in [-0.2, -0.15) is 0 Å². The quantitative estimate of drug-likeness (QED) is 0.253. The summed E-state index contributed by atoms with van der Waals surface area (Å²) in [4.78, 5) is 30.0. The first kappa shape index (κ1) is 25.6. The van der Waals surface area contributed by atoms with E-state index in [9.17, 15) is 9.59 Å². The van der Waals surface area contributed by atoms with Crippen molar-refractivity contribution in [2.45, 2.75) is 46.6 Å². The summed E-state index contributed by atoms with van der Waals surface area (Å²) in [5.74, 6) is -1.03. The molecule has 182 valence electrons. The van der Waals surface area contributed by atoms with Gasteiger partial charge in [0.15, 0.2) is 5.11 Å². The highest BCUT2D eigenvalue weighted by Gasteiger charge is 2.36. The van der Waals surface area contributed by atoms with E-state index in [0.717, 1.165) is 39.8 Å². The van der Waals surface area contributed by atoms with Crippen LogP contribution in [0.4, 0.5) is 11.4 Å². The van der Waals surface area contributed by atoms with Crippen LogP contribution >= 0.6 is 39.7 Å². The minimum atomic E-state index is -0.541. The molecule has 2 aromatic rings. The third kappa shape index (κ3) is 4.69. The molecule has 2 heterocycles. The molecular formula is C27H27BrClN3O2S. The number of anilines is 2. The molecule has 0 bridgehead atoms. The van der Waals surface area contributed by atoms with Crippen LogP contribution in [0.2, 0.25) is 5.02 Å². The van der Waals surface area contributed by atoms with Gasteiger partial charge in [-0.25, -0.2) is 0 Å². The lowest BCUT2D eigenvalue weighted by molar-refractivity contribution is -0.122. The summed E-state index contributed by atoms with van der Waals surface area (Å²) in [7, 11) is 0. The molecule has 2 aliphatic rings. The molecule has 35 heavy (non-hydrogen) atoms. The van der Waals surface area contributed by atoms with Crippen molar-refractivity contribution in [2.24, 2.45) is 0 Å². The minimum Gasteiger partial charge on any atom is -0.362 e. The van der Waals surface area contributed by atoms with E-state index < -0.39 is 11.8 Å². The van der Waals surface area contributed by atoms with Gasteiger partial charge < -0.3 is 4.90 Å². The number of carbonyl (C=O) groups is 2. The Kier molecular flexibility index (Phi) is 6.97. The first-order valence-corrected chi connectivity index (χ1v) is 13.0. The summed E-state index contributed by atoms with van der Waals surface area (Å²) >= 11 is 15.5. The SMILES string of the molecule is CCCN1c2cc(Cl)c(/C=C3/C(=O)NC(=S)N(c4ccc(Br)cc4C)C3=O)cc2C(C)=CC1(C)C. The molecule has 0 unspecified atom stereocenters. The molecule has 0 radical (unpaired) electrons. The van der Waals surface area contributed by atoms with Crippen LogP contribution in [0.15, 0.2) is 46.5 Å². The summed E-state index contributed by atoms with van der Waals surface area (Å²) in [6.07, 6.45) is 4.80. The summed E-state index contributed by atoms with van der Waals surface area (Å²) < 4.78 is 0.887. The van der Waals surface area contributed by atoms with Crippen LogP contribution in [0.5, 0.6) is 0 Å². The number of rotatable bonds is 4. The number of aryl methyl sites for hydroxylation is 1. The van der Waals surface area contributed by atoms with Crippen molar-refractivity contribution in [3.63, 3.8) is 0 Å². The molecule has 5 nitrogen and oxygen atoms in total. The van der Waals surface area contributed by atoms with E-state index in [2.05, 4.69) is 59.9 Å². The molecule has 0 aliphatic carbocycles. The van der Waals surface area contributed by atoms with Crippen LogP contribution in [0.1, 0.15) is 50.8 Å². The standard InChI is InChI=1S/C27H27BrClN3O2S/c1-6-9-31-23-13-21(29)17(11-19(23)16(3)14-27(31,4)5)12-20-24(33)30-26(35)32(25(20)34)22-8-7-18(28)10-15(22)2/h7-8,10-14H,6,9H2,1-5H3,(H,30,33,35)/b20-12-. The number of fused-ring (bicyclic) bond motifs is 1. The fourth-order valence-electron chi connectivity index (χ4n) is 4.76. The third-order valence-electron chi connectivity index (χ3n) is 6.34. The third-order valence-corrected chi connectivity index (χ3v) is 7.45. The Morgan fingerprint density at radius 2 is 1.86 bits per heavy atom. The molecule has 0 aromatic heterocycles. The minimum absolute atomic E-state index is 0.0223. The van der Waals surface area contributed by atoms with E-state index in [1.165, 1.54) is 4.90 Å². The van der Waals surface area contributed by atoms with Crippen molar-refractivity contribution in [2.75, 3.05) is 16.3 Å². The normalized spacial score (nSPS) is 18.5. The monoisotopic (exact) mass is 571 g/mol. The van der Waals surface area contributed by atoms with Gasteiger partial charge in [0, 0.05) is 27.3 Å². The first-order valence-electron chi connectivity index (χ1n) is 11.4. The highest BCUT2D eigenvalue weighted by Crippen LogP contribution is 2.42. The first-order chi connectivity index (χ1) is 16.4. The molecule has 0 spiro atoms. The average molecular weight is 573 g/mol. The summed E-state index contributed by atoms with van der Waals surface area (Å²) in [5.41, 5.74) is 5.11. The van der Waals surface area contributed by atoms with Crippen LogP contribution in [0.25, 0.3) is 11.6 Å². The predicted molar refractivity (Wildman–Crippen MR) is 152 cm³/mol. The number of allylic oxidation sites excluding steroid dienone is 1. The van der Waals surface area contributed by atoms with Crippen LogP contribution in [0.3, 0.4) is 0 Å². The van der Waals surface area contributed by atoms with Gasteiger partial charge in [0.25, 0.3) is 11.8 Å². The van der Waals surface area contributed by atoms with Crippen LogP contribution < -0.4 is 15.1 Å². The second kappa shape index (κ2) is 9.52. The maximum atomic E-state index is 13.5. The number of halogens is 2. The van der Waals surface area contributed by atoms with Gasteiger partial charge in [-0.15, -0.1) is 0 Å². The largest absolute Gasteiger partial charge is 0.362 e. The lowest BCUT2D eigenvalue weighted by atomic mass is 9.87. The number of hydrogen-bond donors (Lipinski definition) is 1. The molecule has 1 saturated heterocycles. The second-order valence-electron chi connectivity index (χ2n) is 9.41. The van der Waals surface area contributed by atoms with E-state index in [-0.39, 0.29) is 16.2 Å². The predicted octanol–water partition coefficient (Wildman–Crippen LogP) is 6.65. The van der Waals surface area contributed by atoms with Crippen molar-refractivity contribution in [1.82, 2.24) is 5.32 Å². The lowest BCUT2D eigenvalue weighted by Crippen LogP contribution is -2.54. The molecule has 2 aliphatic heterocycles. The average Bonchev–Trinajstić information content (AvgIpc) is 2.75. The van der Waals surface area contributed by atoms with Crippen LogP contribution in [-0.4, -0.2) is 29.0 Å². The van der Waals surface area contributed by atoms with Gasteiger partial charge >= 0.3 is 0 Å². The molecule has 2 amide bonds. The van der Waals surface area contributed by atoms with Crippen molar-refractivity contribution in [3.05, 3.63) is 68.2 Å². The number of nitrogens with zero attached hydrogens (tertiary/aromatic N) is 2. The van der Waals surface area contributed by atoms with Gasteiger partial charge in [-0.1, -0.05) is 40.5 Å². The molecule has 0 atom stereocenters. The Morgan fingerprint density at radius 3 is 2.51 bits per heavy atom. The van der Waals surface area contributed by atoms with Crippen molar-refractivity contribution >= 4 is 79.7 Å². The number of amides is 2. The zero-order valence-corrected chi connectivity index (χ0v) is 23.5. The summed E-state index contributed by atoms with van der Waals surface area (Å²) in [6.45, 7) is 11.4. The number of carbonyl (C=O) groups excluding carboxylic acids is 2. The Balaban J connectivity index is 1.80. The van der Waals surface area contributed by atoms with Crippen LogP contribution in [-0.2, 0) is 9.59 Å². The summed E-state index contributed by atoms with van der Waals surface area (Å²) in [6, 6.07) is 9.41. The zero-order chi connectivity index (χ0) is 25.7. The van der Waals surface area contributed by atoms with E-state index in [4.69, 9.17) is 23.8 Å².